The number of fused-ring (bicyclic) bond motifs is 2. The summed E-state index contributed by atoms with van der Waals surface area (Å²) in [5.41, 5.74) is 0.963. The molecule has 0 aliphatic rings. The van der Waals surface area contributed by atoms with Gasteiger partial charge in [0.15, 0.2) is 23.0 Å². The van der Waals surface area contributed by atoms with E-state index in [9.17, 15) is 10.2 Å². The molecule has 0 radical (unpaired) electrons. The number of benzene rings is 4. The molecule has 4 nitrogen and oxygen atoms in total. The molecule has 0 aliphatic heterocycles. The molecule has 2 N–H and O–H groups in total. The molecule has 0 heterocycles. The molecule has 4 rings (SSSR count). The van der Waals surface area contributed by atoms with Crippen molar-refractivity contribution in [2.75, 3.05) is 14.2 Å². The third kappa shape index (κ3) is 2.97. The summed E-state index contributed by atoms with van der Waals surface area (Å²) in [6.45, 7) is 0. The summed E-state index contributed by atoms with van der Waals surface area (Å²) in [7, 11) is 3.01. The Kier molecular flexibility index (Phi) is 4.85. The largest absolute Gasteiger partial charge is 0.504 e. The van der Waals surface area contributed by atoms with Crippen molar-refractivity contribution in [2.24, 2.45) is 0 Å². The molecule has 4 aromatic rings. The van der Waals surface area contributed by atoms with Gasteiger partial charge in [0.25, 0.3) is 0 Å². The quantitative estimate of drug-likeness (QED) is 0.330. The normalized spacial score (nSPS) is 11.1. The number of ether oxygens (including phenoxy) is 2. The Balaban J connectivity index is 2.26. The fourth-order valence-corrected chi connectivity index (χ4v) is 4.20. The lowest BCUT2D eigenvalue weighted by atomic mass is 9.91. The molecule has 0 unspecified atom stereocenters. The molecule has 0 saturated carbocycles. The van der Waals surface area contributed by atoms with Gasteiger partial charge in [0, 0.05) is 20.1 Å². The maximum absolute atomic E-state index is 11.0. The van der Waals surface area contributed by atoms with E-state index in [2.05, 4.69) is 31.9 Å². The van der Waals surface area contributed by atoms with Gasteiger partial charge in [-0.05, 0) is 57.9 Å². The summed E-state index contributed by atoms with van der Waals surface area (Å²) < 4.78 is 12.5. The van der Waals surface area contributed by atoms with Crippen LogP contribution in [-0.4, -0.2) is 24.4 Å². The second-order valence-electron chi connectivity index (χ2n) is 6.34. The van der Waals surface area contributed by atoms with Crippen molar-refractivity contribution in [3.8, 4) is 34.1 Å². The highest BCUT2D eigenvalue weighted by atomic mass is 79.9. The number of rotatable bonds is 3. The Hall–Kier alpha value is -2.44. The Morgan fingerprint density at radius 2 is 1.04 bits per heavy atom. The van der Waals surface area contributed by atoms with Crippen LogP contribution < -0.4 is 9.47 Å². The van der Waals surface area contributed by atoms with Crippen LogP contribution in [0.25, 0.3) is 32.7 Å². The van der Waals surface area contributed by atoms with Crippen molar-refractivity contribution in [1.82, 2.24) is 0 Å². The smallest absolute Gasteiger partial charge is 0.166 e. The molecule has 6 heteroatoms. The zero-order valence-corrected chi connectivity index (χ0v) is 18.3. The maximum Gasteiger partial charge on any atom is 0.166 e. The minimum Gasteiger partial charge on any atom is -0.504 e. The standard InChI is InChI=1S/C22H16Br2O4/c1-27-17-7-11-3-5-13(23)9-15(11)19(21(17)25)20-16-10-14(24)6-4-12(16)8-18(28-2)22(20)26/h3-10,25-26H,1-2H3. The maximum atomic E-state index is 11.0. The van der Waals surface area contributed by atoms with Crippen LogP contribution in [-0.2, 0) is 0 Å². The number of methoxy groups -OCH3 is 2. The van der Waals surface area contributed by atoms with Crippen molar-refractivity contribution >= 4 is 53.4 Å². The van der Waals surface area contributed by atoms with Gasteiger partial charge in [-0.25, -0.2) is 0 Å². The second-order valence-corrected chi connectivity index (χ2v) is 8.17. The summed E-state index contributed by atoms with van der Waals surface area (Å²) in [5, 5.41) is 25.4. The van der Waals surface area contributed by atoms with E-state index in [4.69, 9.17) is 9.47 Å². The van der Waals surface area contributed by atoms with Crippen LogP contribution in [0.3, 0.4) is 0 Å². The molecule has 0 spiro atoms. The van der Waals surface area contributed by atoms with Gasteiger partial charge < -0.3 is 19.7 Å². The van der Waals surface area contributed by atoms with E-state index in [1.165, 1.54) is 14.2 Å². The van der Waals surface area contributed by atoms with Gasteiger partial charge in [0.2, 0.25) is 0 Å². The van der Waals surface area contributed by atoms with E-state index in [0.29, 0.717) is 22.6 Å². The summed E-state index contributed by atoms with van der Waals surface area (Å²) in [5.74, 6) is 0.571. The summed E-state index contributed by atoms with van der Waals surface area (Å²) in [4.78, 5) is 0. The van der Waals surface area contributed by atoms with Gasteiger partial charge in [-0.15, -0.1) is 0 Å². The average Bonchev–Trinajstić information content (AvgIpc) is 2.68. The van der Waals surface area contributed by atoms with E-state index < -0.39 is 0 Å². The summed E-state index contributed by atoms with van der Waals surface area (Å²) in [6, 6.07) is 15.1. The second kappa shape index (κ2) is 7.18. The van der Waals surface area contributed by atoms with Crippen LogP contribution >= 0.6 is 31.9 Å². The van der Waals surface area contributed by atoms with Crippen molar-refractivity contribution in [3.63, 3.8) is 0 Å². The van der Waals surface area contributed by atoms with E-state index >= 15 is 0 Å². The third-order valence-corrected chi connectivity index (χ3v) is 5.76. The minimum absolute atomic E-state index is 0.0436. The first kappa shape index (κ1) is 18.9. The van der Waals surface area contributed by atoms with Gasteiger partial charge in [0.05, 0.1) is 14.2 Å². The number of hydrogen-bond acceptors (Lipinski definition) is 4. The van der Waals surface area contributed by atoms with Gasteiger partial charge >= 0.3 is 0 Å². The van der Waals surface area contributed by atoms with Gasteiger partial charge in [-0.2, -0.15) is 0 Å². The molecular weight excluding hydrogens is 488 g/mol. The topological polar surface area (TPSA) is 58.9 Å². The Morgan fingerprint density at radius 3 is 1.39 bits per heavy atom. The molecule has 0 atom stereocenters. The van der Waals surface area contributed by atoms with Crippen LogP contribution in [0.2, 0.25) is 0 Å². The molecule has 0 bridgehead atoms. The number of hydrogen-bond donors (Lipinski definition) is 2. The van der Waals surface area contributed by atoms with Crippen LogP contribution in [0.4, 0.5) is 0 Å². The van der Waals surface area contributed by atoms with E-state index in [-0.39, 0.29) is 11.5 Å². The third-order valence-electron chi connectivity index (χ3n) is 4.77. The molecule has 142 valence electrons. The molecule has 0 saturated heterocycles. The first-order chi connectivity index (χ1) is 13.4. The minimum atomic E-state index is -0.0436. The monoisotopic (exact) mass is 502 g/mol. The van der Waals surface area contributed by atoms with E-state index in [0.717, 1.165) is 30.5 Å². The highest BCUT2D eigenvalue weighted by Gasteiger charge is 2.23. The van der Waals surface area contributed by atoms with Crippen LogP contribution in [0.15, 0.2) is 57.5 Å². The lowest BCUT2D eigenvalue weighted by Crippen LogP contribution is -1.93. The van der Waals surface area contributed by atoms with E-state index in [1.54, 1.807) is 12.1 Å². The fourth-order valence-electron chi connectivity index (χ4n) is 3.48. The zero-order chi connectivity index (χ0) is 20.0. The molecule has 0 amide bonds. The lowest BCUT2D eigenvalue weighted by Gasteiger charge is -2.18. The van der Waals surface area contributed by atoms with Crippen molar-refractivity contribution < 1.29 is 19.7 Å². The first-order valence-corrected chi connectivity index (χ1v) is 10.0. The summed E-state index contributed by atoms with van der Waals surface area (Å²) in [6.07, 6.45) is 0. The Labute approximate surface area is 178 Å². The number of halogens is 2. The van der Waals surface area contributed by atoms with Crippen molar-refractivity contribution in [1.29, 1.82) is 0 Å². The first-order valence-electron chi connectivity index (χ1n) is 8.43. The van der Waals surface area contributed by atoms with Gasteiger partial charge in [0.1, 0.15) is 0 Å². The SMILES string of the molecule is COc1cc2ccc(Br)cc2c(-c2c(O)c(OC)cc3ccc(Br)cc23)c1O. The van der Waals surface area contributed by atoms with Gasteiger partial charge in [-0.3, -0.25) is 0 Å². The van der Waals surface area contributed by atoms with Crippen LogP contribution in [0, 0.1) is 0 Å². The number of aromatic hydroxyl groups is 2. The van der Waals surface area contributed by atoms with E-state index in [1.807, 2.05) is 36.4 Å². The number of phenolic OH excluding ortho intramolecular Hbond substituents is 2. The molecule has 0 fully saturated rings. The molecule has 0 aliphatic carbocycles. The fraction of sp³-hybridized carbons (Fsp3) is 0.0909. The lowest BCUT2D eigenvalue weighted by molar-refractivity contribution is 0.372. The van der Waals surface area contributed by atoms with Crippen molar-refractivity contribution in [2.45, 2.75) is 0 Å². The zero-order valence-electron chi connectivity index (χ0n) is 15.1. The summed E-state index contributed by atoms with van der Waals surface area (Å²) >= 11 is 7.00. The highest BCUT2D eigenvalue weighted by molar-refractivity contribution is 9.10. The predicted molar refractivity (Wildman–Crippen MR) is 119 cm³/mol. The Bertz CT molecular complexity index is 1140. The molecule has 28 heavy (non-hydrogen) atoms. The van der Waals surface area contributed by atoms with Gasteiger partial charge in [-0.1, -0.05) is 44.0 Å². The molecule has 0 aromatic heterocycles. The molecule has 4 aromatic carbocycles. The average molecular weight is 504 g/mol. The predicted octanol–water partition coefficient (Wildman–Crippen LogP) is 6.61. The molecular formula is C22H16Br2O4. The highest BCUT2D eigenvalue weighted by Crippen LogP contribution is 2.51. The Morgan fingerprint density at radius 1 is 0.643 bits per heavy atom. The van der Waals surface area contributed by atoms with Crippen LogP contribution in [0.1, 0.15) is 0 Å². The van der Waals surface area contributed by atoms with Crippen molar-refractivity contribution in [3.05, 3.63) is 57.5 Å². The number of phenols is 2. The van der Waals surface area contributed by atoms with Crippen LogP contribution in [0.5, 0.6) is 23.0 Å².